The van der Waals surface area contributed by atoms with Crippen LogP contribution in [-0.4, -0.2) is 18.0 Å². The average Bonchev–Trinajstić information content (AvgIpc) is 2.28. The number of hydrogen-bond acceptors (Lipinski definition) is 3. The number of H-pyrrole nitrogens is 1. The summed E-state index contributed by atoms with van der Waals surface area (Å²) in [5, 5.41) is 0.795. The molecule has 1 aromatic carbocycles. The van der Waals surface area contributed by atoms with E-state index in [1.54, 1.807) is 6.07 Å². The van der Waals surface area contributed by atoms with Crippen molar-refractivity contribution in [2.75, 3.05) is 7.11 Å². The lowest BCUT2D eigenvalue weighted by Crippen LogP contribution is -2.28. The van der Waals surface area contributed by atoms with Crippen LogP contribution in [0.15, 0.2) is 35.1 Å². The normalized spacial score (nSPS) is 10.3. The summed E-state index contributed by atoms with van der Waals surface area (Å²) in [5.74, 6) is -0.561. The largest absolute Gasteiger partial charge is 0.321 e. The maximum absolute atomic E-state index is 11.6. The van der Waals surface area contributed by atoms with E-state index in [9.17, 15) is 9.59 Å². The van der Waals surface area contributed by atoms with Gasteiger partial charge in [0.05, 0.1) is 7.11 Å². The molecule has 0 radical (unpaired) electrons. The van der Waals surface area contributed by atoms with Gasteiger partial charge in [-0.1, -0.05) is 18.2 Å². The van der Waals surface area contributed by atoms with Gasteiger partial charge < -0.3 is 4.98 Å². The number of amides is 1. The van der Waals surface area contributed by atoms with Crippen LogP contribution < -0.4 is 11.0 Å². The van der Waals surface area contributed by atoms with Crippen LogP contribution in [0.4, 0.5) is 0 Å². The molecule has 0 unspecified atom stereocenters. The summed E-state index contributed by atoms with van der Waals surface area (Å²) < 4.78 is 0. The summed E-state index contributed by atoms with van der Waals surface area (Å²) in [4.78, 5) is 30.1. The van der Waals surface area contributed by atoms with Crippen molar-refractivity contribution in [3.05, 3.63) is 46.2 Å². The van der Waals surface area contributed by atoms with E-state index in [0.29, 0.717) is 5.52 Å². The predicted octanol–water partition coefficient (Wildman–Crippen LogP) is 0.819. The quantitative estimate of drug-likeness (QED) is 0.733. The third kappa shape index (κ3) is 1.80. The van der Waals surface area contributed by atoms with E-state index >= 15 is 0 Å². The monoisotopic (exact) mass is 218 g/mol. The second kappa shape index (κ2) is 4.16. The fourth-order valence-corrected chi connectivity index (χ4v) is 1.46. The number of pyridine rings is 1. The second-order valence-electron chi connectivity index (χ2n) is 3.23. The van der Waals surface area contributed by atoms with Crippen molar-refractivity contribution in [2.24, 2.45) is 0 Å². The Balaban J connectivity index is 2.58. The van der Waals surface area contributed by atoms with Gasteiger partial charge >= 0.3 is 0 Å². The molecule has 0 aliphatic heterocycles. The fourth-order valence-electron chi connectivity index (χ4n) is 1.46. The van der Waals surface area contributed by atoms with Gasteiger partial charge in [-0.25, -0.2) is 5.48 Å². The molecule has 0 atom stereocenters. The number of nitrogens with one attached hydrogen (secondary N) is 2. The van der Waals surface area contributed by atoms with E-state index in [1.807, 2.05) is 18.2 Å². The molecule has 0 spiro atoms. The molecule has 1 heterocycles. The number of hydroxylamine groups is 1. The Morgan fingerprint density at radius 2 is 2.12 bits per heavy atom. The van der Waals surface area contributed by atoms with Gasteiger partial charge in [-0.3, -0.25) is 14.4 Å². The zero-order valence-electron chi connectivity index (χ0n) is 8.61. The number of aromatic amines is 1. The van der Waals surface area contributed by atoms with Crippen LogP contribution in [0.3, 0.4) is 0 Å². The van der Waals surface area contributed by atoms with Crippen LogP contribution in [0.5, 0.6) is 0 Å². The molecular formula is C11H10N2O3. The summed E-state index contributed by atoms with van der Waals surface area (Å²) >= 11 is 0. The molecule has 16 heavy (non-hydrogen) atoms. The lowest BCUT2D eigenvalue weighted by Gasteiger charge is -2.02. The molecule has 0 fully saturated rings. The molecule has 1 amide bonds. The van der Waals surface area contributed by atoms with Gasteiger partial charge in [-0.05, 0) is 17.5 Å². The molecule has 0 saturated carbocycles. The van der Waals surface area contributed by atoms with Gasteiger partial charge in [0.25, 0.3) is 11.5 Å². The van der Waals surface area contributed by atoms with Gasteiger partial charge in [0.2, 0.25) is 0 Å². The highest BCUT2D eigenvalue weighted by atomic mass is 16.6. The molecule has 0 bridgehead atoms. The molecule has 82 valence electrons. The molecule has 5 heteroatoms. The van der Waals surface area contributed by atoms with E-state index in [4.69, 9.17) is 0 Å². The fraction of sp³-hybridized carbons (Fsp3) is 0.0909. The topological polar surface area (TPSA) is 71.2 Å². The van der Waals surface area contributed by atoms with Crippen LogP contribution >= 0.6 is 0 Å². The summed E-state index contributed by atoms with van der Waals surface area (Å²) in [5.41, 5.74) is 2.40. The van der Waals surface area contributed by atoms with E-state index in [-0.39, 0.29) is 5.56 Å². The number of rotatable bonds is 2. The van der Waals surface area contributed by atoms with Crippen LogP contribution in [0, 0.1) is 0 Å². The number of aromatic nitrogens is 1. The van der Waals surface area contributed by atoms with Crippen molar-refractivity contribution in [2.45, 2.75) is 0 Å². The smallest absolute Gasteiger partial charge is 0.280 e. The van der Waals surface area contributed by atoms with Crippen molar-refractivity contribution >= 4 is 16.8 Å². The molecule has 2 N–H and O–H groups in total. The molecule has 1 aromatic heterocycles. The van der Waals surface area contributed by atoms with Gasteiger partial charge in [-0.2, -0.15) is 0 Å². The number of fused-ring (bicyclic) bond motifs is 1. The van der Waals surface area contributed by atoms with Crippen molar-refractivity contribution < 1.29 is 9.63 Å². The third-order valence-corrected chi connectivity index (χ3v) is 2.19. The zero-order chi connectivity index (χ0) is 11.5. The van der Waals surface area contributed by atoms with Crippen LogP contribution in [0.1, 0.15) is 10.4 Å². The summed E-state index contributed by atoms with van der Waals surface area (Å²) in [6.07, 6.45) is 0. The first-order valence-corrected chi connectivity index (χ1v) is 4.68. The molecule has 0 aliphatic rings. The molecule has 5 nitrogen and oxygen atoms in total. The van der Waals surface area contributed by atoms with Crippen LogP contribution in [0.25, 0.3) is 10.9 Å². The highest BCUT2D eigenvalue weighted by molar-refractivity contribution is 5.96. The Bertz CT molecular complexity index is 589. The van der Waals surface area contributed by atoms with Gasteiger partial charge in [-0.15, -0.1) is 0 Å². The van der Waals surface area contributed by atoms with Crippen LogP contribution in [-0.2, 0) is 4.84 Å². The Morgan fingerprint density at radius 3 is 2.88 bits per heavy atom. The van der Waals surface area contributed by atoms with Crippen molar-refractivity contribution in [3.8, 4) is 0 Å². The first kappa shape index (κ1) is 10.4. The van der Waals surface area contributed by atoms with Crippen LogP contribution in [0.2, 0.25) is 0 Å². The minimum absolute atomic E-state index is 0.0283. The molecule has 0 aliphatic carbocycles. The van der Waals surface area contributed by atoms with E-state index < -0.39 is 11.5 Å². The Kier molecular flexibility index (Phi) is 2.70. The number of para-hydroxylation sites is 1. The van der Waals surface area contributed by atoms with Crippen molar-refractivity contribution in [1.29, 1.82) is 0 Å². The molecule has 2 aromatic rings. The number of benzene rings is 1. The summed E-state index contributed by atoms with van der Waals surface area (Å²) in [6, 6.07) is 8.76. The number of hydrogen-bond donors (Lipinski definition) is 2. The third-order valence-electron chi connectivity index (χ3n) is 2.19. The standard InChI is InChI=1S/C11H10N2O3/c1-16-13-11(15)8-6-7-4-2-3-5-9(7)12-10(8)14/h2-6H,1H3,(H,12,14)(H,13,15). The van der Waals surface area contributed by atoms with E-state index in [2.05, 4.69) is 15.3 Å². The number of carbonyl (C=O) groups is 1. The summed E-state index contributed by atoms with van der Waals surface area (Å²) in [6.45, 7) is 0. The maximum Gasteiger partial charge on any atom is 0.280 e. The first-order chi connectivity index (χ1) is 7.72. The zero-order valence-corrected chi connectivity index (χ0v) is 8.61. The highest BCUT2D eigenvalue weighted by Gasteiger charge is 2.10. The average molecular weight is 218 g/mol. The molecular weight excluding hydrogens is 208 g/mol. The Morgan fingerprint density at radius 1 is 1.38 bits per heavy atom. The molecule has 2 rings (SSSR count). The van der Waals surface area contributed by atoms with E-state index in [0.717, 1.165) is 5.39 Å². The highest BCUT2D eigenvalue weighted by Crippen LogP contribution is 2.09. The van der Waals surface area contributed by atoms with E-state index in [1.165, 1.54) is 13.2 Å². The maximum atomic E-state index is 11.6. The van der Waals surface area contributed by atoms with Crippen molar-refractivity contribution in [1.82, 2.24) is 10.5 Å². The lowest BCUT2D eigenvalue weighted by molar-refractivity contribution is 0.0536. The number of carbonyl (C=O) groups excluding carboxylic acids is 1. The Hall–Kier alpha value is -2.14. The minimum Gasteiger partial charge on any atom is -0.321 e. The predicted molar refractivity (Wildman–Crippen MR) is 59.0 cm³/mol. The van der Waals surface area contributed by atoms with Gasteiger partial charge in [0, 0.05) is 5.52 Å². The Labute approximate surface area is 91.0 Å². The molecule has 0 saturated heterocycles. The van der Waals surface area contributed by atoms with Crippen molar-refractivity contribution in [3.63, 3.8) is 0 Å². The second-order valence-corrected chi connectivity index (χ2v) is 3.23. The van der Waals surface area contributed by atoms with Gasteiger partial charge in [0.1, 0.15) is 5.56 Å². The SMILES string of the molecule is CONC(=O)c1cc2ccccc2[nH]c1=O. The first-order valence-electron chi connectivity index (χ1n) is 4.68. The van der Waals surface area contributed by atoms with Gasteiger partial charge in [0.15, 0.2) is 0 Å². The lowest BCUT2D eigenvalue weighted by atomic mass is 10.1. The minimum atomic E-state index is -0.561. The summed E-state index contributed by atoms with van der Waals surface area (Å²) in [7, 11) is 1.31.